The quantitative estimate of drug-likeness (QED) is 0.345. The molecule has 4 heterocycles. The van der Waals surface area contributed by atoms with Gasteiger partial charge in [-0.05, 0) is 40.0 Å². The van der Waals surface area contributed by atoms with E-state index in [-0.39, 0.29) is 30.4 Å². The van der Waals surface area contributed by atoms with Crippen molar-refractivity contribution < 1.29 is 24.2 Å². The monoisotopic (exact) mass is 476 g/mol. The molecule has 1 unspecified atom stereocenters. The summed E-state index contributed by atoms with van der Waals surface area (Å²) < 4.78 is 4.15. The molecule has 4 rings (SSSR count). The fraction of sp³-hybridized carbons (Fsp3) is 0.720. The molecule has 0 aromatic heterocycles. The molecule has 2 saturated heterocycles. The molecule has 182 valence electrons. The summed E-state index contributed by atoms with van der Waals surface area (Å²) >= 11 is 1.59. The molecule has 0 bridgehead atoms. The van der Waals surface area contributed by atoms with Crippen LogP contribution in [0.25, 0.3) is 0 Å². The summed E-state index contributed by atoms with van der Waals surface area (Å²) in [4.78, 5) is 44.7. The number of carbonyl (C=O) groups is 3. The van der Waals surface area contributed by atoms with Gasteiger partial charge in [0.2, 0.25) is 11.8 Å². The number of hydrogen-bond acceptors (Lipinski definition) is 6. The third kappa shape index (κ3) is 4.03. The molecular formula is C25H36N2O5S. The largest absolute Gasteiger partial charge is 0.465 e. The standard InChI is InChI=1S/C25H36N2O5S/c1-17(2)26-14-10-12-25-18(19-23(31)32-16-9-6-11-24(19,3)33-25)21(29)27(20(25)22(26)30)13-7-4-5-8-15-28/h6,10-12,17-20,28H,4-5,7-9,13-16H2,1-3H3/t18-,19+,20?,24-,25-/m0/s1. The van der Waals surface area contributed by atoms with Crippen molar-refractivity contribution in [3.05, 3.63) is 24.3 Å². The average Bonchev–Trinajstić information content (AvgIpc) is 3.06. The van der Waals surface area contributed by atoms with E-state index in [1.807, 2.05) is 43.9 Å². The number of unbranched alkanes of at least 4 members (excludes halogenated alkanes) is 3. The van der Waals surface area contributed by atoms with Gasteiger partial charge in [-0.3, -0.25) is 14.4 Å². The van der Waals surface area contributed by atoms with Crippen LogP contribution in [0, 0.1) is 11.8 Å². The highest BCUT2D eigenvalue weighted by Gasteiger charge is 2.73. The van der Waals surface area contributed by atoms with E-state index in [2.05, 4.69) is 6.08 Å². The zero-order valence-corrected chi connectivity index (χ0v) is 20.7. The molecule has 33 heavy (non-hydrogen) atoms. The molecule has 5 atom stereocenters. The number of ether oxygens (including phenoxy) is 1. The second kappa shape index (κ2) is 9.45. The Balaban J connectivity index is 1.75. The number of carbonyl (C=O) groups excluding carboxylic acids is 3. The number of hydrogen-bond donors (Lipinski definition) is 1. The lowest BCUT2D eigenvalue weighted by molar-refractivity contribution is -0.154. The maximum Gasteiger partial charge on any atom is 0.311 e. The minimum absolute atomic E-state index is 0.0124. The fourth-order valence-electron chi connectivity index (χ4n) is 5.96. The average molecular weight is 477 g/mol. The maximum absolute atomic E-state index is 14.0. The van der Waals surface area contributed by atoms with Crippen molar-refractivity contribution in [3.63, 3.8) is 0 Å². The van der Waals surface area contributed by atoms with Crippen LogP contribution in [0.2, 0.25) is 0 Å². The van der Waals surface area contributed by atoms with E-state index in [0.717, 1.165) is 25.7 Å². The van der Waals surface area contributed by atoms with Crippen molar-refractivity contribution >= 4 is 29.5 Å². The summed E-state index contributed by atoms with van der Waals surface area (Å²) in [6, 6.07) is -0.622. The van der Waals surface area contributed by atoms with Crippen LogP contribution in [0.1, 0.15) is 52.9 Å². The molecule has 8 heteroatoms. The van der Waals surface area contributed by atoms with E-state index in [1.54, 1.807) is 16.7 Å². The summed E-state index contributed by atoms with van der Waals surface area (Å²) in [6.07, 6.45) is 12.1. The van der Waals surface area contributed by atoms with Gasteiger partial charge < -0.3 is 19.6 Å². The Morgan fingerprint density at radius 1 is 1.09 bits per heavy atom. The van der Waals surface area contributed by atoms with Gasteiger partial charge in [0.15, 0.2) is 0 Å². The summed E-state index contributed by atoms with van der Waals surface area (Å²) in [5, 5.41) is 9.06. The number of nitrogens with zero attached hydrogens (tertiary/aromatic N) is 2. The van der Waals surface area contributed by atoms with Crippen LogP contribution in [0.15, 0.2) is 24.3 Å². The SMILES string of the molecule is CC(C)N1CC=C[C@]23S[C@@]4(C)C=CCCOC(=O)[C@H]4[C@H]2C(=O)N(CCCCCCO)C3C1=O. The number of fused-ring (bicyclic) bond motifs is 2. The highest BCUT2D eigenvalue weighted by atomic mass is 32.2. The molecule has 4 aliphatic rings. The van der Waals surface area contributed by atoms with Gasteiger partial charge in [0.05, 0.1) is 23.2 Å². The third-order valence-corrected chi connectivity index (χ3v) is 9.28. The smallest absolute Gasteiger partial charge is 0.311 e. The van der Waals surface area contributed by atoms with Crippen LogP contribution < -0.4 is 0 Å². The Kier molecular flexibility index (Phi) is 6.97. The minimum Gasteiger partial charge on any atom is -0.465 e. The Labute approximate surface area is 200 Å². The second-order valence-corrected chi connectivity index (χ2v) is 11.8. The number of likely N-dealkylation sites (tertiary alicyclic amines) is 1. The van der Waals surface area contributed by atoms with Crippen LogP contribution in [-0.4, -0.2) is 80.6 Å². The van der Waals surface area contributed by atoms with Crippen LogP contribution in [0.5, 0.6) is 0 Å². The Bertz CT molecular complexity index is 858. The van der Waals surface area contributed by atoms with E-state index in [4.69, 9.17) is 9.84 Å². The van der Waals surface area contributed by atoms with Crippen LogP contribution in [0.4, 0.5) is 0 Å². The Morgan fingerprint density at radius 2 is 1.85 bits per heavy atom. The highest BCUT2D eigenvalue weighted by molar-refractivity contribution is 8.02. The normalized spacial score (nSPS) is 35.8. The highest BCUT2D eigenvalue weighted by Crippen LogP contribution is 2.65. The first kappa shape index (κ1) is 24.3. The van der Waals surface area contributed by atoms with Gasteiger partial charge in [-0.1, -0.05) is 37.1 Å². The first-order chi connectivity index (χ1) is 15.8. The molecule has 0 radical (unpaired) electrons. The van der Waals surface area contributed by atoms with Gasteiger partial charge in [-0.25, -0.2) is 0 Å². The van der Waals surface area contributed by atoms with E-state index in [0.29, 0.717) is 26.1 Å². The third-order valence-electron chi connectivity index (χ3n) is 7.48. The van der Waals surface area contributed by atoms with Gasteiger partial charge >= 0.3 is 5.97 Å². The number of amides is 2. The molecular weight excluding hydrogens is 440 g/mol. The van der Waals surface area contributed by atoms with Crippen LogP contribution >= 0.6 is 11.8 Å². The van der Waals surface area contributed by atoms with Gasteiger partial charge in [-0.2, -0.15) is 0 Å². The molecule has 4 aliphatic heterocycles. The molecule has 2 amide bonds. The van der Waals surface area contributed by atoms with Gasteiger partial charge in [0.25, 0.3) is 0 Å². The van der Waals surface area contributed by atoms with Gasteiger partial charge in [0.1, 0.15) is 6.04 Å². The number of esters is 1. The summed E-state index contributed by atoms with van der Waals surface area (Å²) in [7, 11) is 0. The van der Waals surface area contributed by atoms with E-state index >= 15 is 0 Å². The number of aliphatic hydroxyl groups is 1. The van der Waals surface area contributed by atoms with E-state index in [9.17, 15) is 14.4 Å². The molecule has 7 nitrogen and oxygen atoms in total. The summed E-state index contributed by atoms with van der Waals surface area (Å²) in [5.41, 5.74) is 0. The molecule has 0 saturated carbocycles. The Hall–Kier alpha value is -1.80. The van der Waals surface area contributed by atoms with Crippen molar-refractivity contribution in [1.82, 2.24) is 9.80 Å². The molecule has 0 aromatic rings. The molecule has 0 aromatic carbocycles. The molecule has 1 N–H and O–H groups in total. The van der Waals surface area contributed by atoms with Crippen molar-refractivity contribution in [2.75, 3.05) is 26.3 Å². The number of aliphatic hydroxyl groups excluding tert-OH is 1. The lowest BCUT2D eigenvalue weighted by Gasteiger charge is -2.38. The lowest BCUT2D eigenvalue weighted by atomic mass is 9.74. The maximum atomic E-state index is 14.0. The number of thioether (sulfide) groups is 1. The number of cyclic esters (lactones) is 1. The van der Waals surface area contributed by atoms with Crippen LogP contribution in [-0.2, 0) is 19.1 Å². The first-order valence-electron chi connectivity index (χ1n) is 12.2. The zero-order valence-electron chi connectivity index (χ0n) is 19.9. The number of rotatable bonds is 7. The minimum atomic E-state index is -0.796. The zero-order chi connectivity index (χ0) is 23.8. The van der Waals surface area contributed by atoms with Gasteiger partial charge in [-0.15, -0.1) is 11.8 Å². The van der Waals surface area contributed by atoms with E-state index in [1.165, 1.54) is 0 Å². The van der Waals surface area contributed by atoms with Crippen molar-refractivity contribution in [2.45, 2.75) is 74.5 Å². The summed E-state index contributed by atoms with van der Waals surface area (Å²) in [6.45, 7) is 7.45. The second-order valence-electron chi connectivity index (χ2n) is 10.0. The predicted octanol–water partition coefficient (Wildman–Crippen LogP) is 2.54. The first-order valence-corrected chi connectivity index (χ1v) is 13.0. The molecule has 1 spiro atoms. The molecule has 0 aliphatic carbocycles. The van der Waals surface area contributed by atoms with Crippen molar-refractivity contribution in [2.24, 2.45) is 11.8 Å². The topological polar surface area (TPSA) is 87.2 Å². The molecule has 2 fully saturated rings. The predicted molar refractivity (Wildman–Crippen MR) is 127 cm³/mol. The van der Waals surface area contributed by atoms with Crippen LogP contribution in [0.3, 0.4) is 0 Å². The lowest BCUT2D eigenvalue weighted by Crippen LogP contribution is -2.54. The van der Waals surface area contributed by atoms with Crippen molar-refractivity contribution in [1.29, 1.82) is 0 Å². The summed E-state index contributed by atoms with van der Waals surface area (Å²) in [5.74, 6) is -1.74. The van der Waals surface area contributed by atoms with Crippen molar-refractivity contribution in [3.8, 4) is 0 Å². The Morgan fingerprint density at radius 3 is 2.58 bits per heavy atom. The fourth-order valence-corrected chi connectivity index (χ4v) is 8.11. The van der Waals surface area contributed by atoms with Gasteiger partial charge in [0, 0.05) is 30.5 Å². The van der Waals surface area contributed by atoms with E-state index < -0.39 is 27.4 Å².